The van der Waals surface area contributed by atoms with Crippen molar-refractivity contribution in [2.75, 3.05) is 7.11 Å². The van der Waals surface area contributed by atoms with Crippen molar-refractivity contribution in [1.82, 2.24) is 4.98 Å². The van der Waals surface area contributed by atoms with Crippen LogP contribution in [0.2, 0.25) is 0 Å². The molecular weight excluding hydrogens is 188 g/mol. The summed E-state index contributed by atoms with van der Waals surface area (Å²) < 4.78 is 5.17. The Morgan fingerprint density at radius 2 is 2.00 bits per heavy atom. The van der Waals surface area contributed by atoms with E-state index in [4.69, 9.17) is 10.5 Å². The van der Waals surface area contributed by atoms with Crippen LogP contribution in [-0.2, 0) is 0 Å². The minimum Gasteiger partial charge on any atom is -0.481 e. The monoisotopic (exact) mass is 206 g/mol. The maximum absolute atomic E-state index is 6.06. The topological polar surface area (TPSA) is 48.1 Å². The van der Waals surface area contributed by atoms with E-state index in [0.29, 0.717) is 11.8 Å². The van der Waals surface area contributed by atoms with E-state index in [1.165, 1.54) is 5.56 Å². The molecule has 1 aromatic rings. The number of aromatic nitrogens is 1. The maximum Gasteiger partial charge on any atom is 0.213 e. The number of nitrogens with two attached hydrogens (primary N) is 1. The van der Waals surface area contributed by atoms with Gasteiger partial charge in [0.2, 0.25) is 5.88 Å². The van der Waals surface area contributed by atoms with Crippen molar-refractivity contribution in [3.05, 3.63) is 23.4 Å². The summed E-state index contributed by atoms with van der Waals surface area (Å²) in [6.07, 6.45) is 0. The highest BCUT2D eigenvalue weighted by Gasteiger charge is 2.56. The van der Waals surface area contributed by atoms with Crippen LogP contribution in [0.4, 0.5) is 0 Å². The SMILES string of the molecule is COc1cc([C@@H]2[C@@H](N)C2(C)C)cc(C)n1. The Labute approximate surface area is 90.7 Å². The minimum absolute atomic E-state index is 0.207. The van der Waals surface area contributed by atoms with Gasteiger partial charge in [0, 0.05) is 23.7 Å². The van der Waals surface area contributed by atoms with Crippen molar-refractivity contribution >= 4 is 0 Å². The fourth-order valence-corrected chi connectivity index (χ4v) is 2.26. The van der Waals surface area contributed by atoms with E-state index in [2.05, 4.69) is 24.9 Å². The molecule has 0 aliphatic heterocycles. The van der Waals surface area contributed by atoms with E-state index in [1.54, 1.807) is 7.11 Å². The summed E-state index contributed by atoms with van der Waals surface area (Å²) in [5, 5.41) is 0. The molecule has 3 nitrogen and oxygen atoms in total. The number of ether oxygens (including phenoxy) is 1. The smallest absolute Gasteiger partial charge is 0.213 e. The van der Waals surface area contributed by atoms with Gasteiger partial charge in [-0.3, -0.25) is 0 Å². The molecule has 2 atom stereocenters. The Kier molecular flexibility index (Phi) is 2.23. The zero-order chi connectivity index (χ0) is 11.2. The molecule has 0 aromatic carbocycles. The van der Waals surface area contributed by atoms with Crippen molar-refractivity contribution in [2.24, 2.45) is 11.1 Å². The average Bonchev–Trinajstić information content (AvgIpc) is 2.65. The van der Waals surface area contributed by atoms with Crippen LogP contribution in [0.15, 0.2) is 12.1 Å². The van der Waals surface area contributed by atoms with Gasteiger partial charge in [-0.25, -0.2) is 4.98 Å². The van der Waals surface area contributed by atoms with Crippen molar-refractivity contribution in [3.63, 3.8) is 0 Å². The fraction of sp³-hybridized carbons (Fsp3) is 0.583. The lowest BCUT2D eigenvalue weighted by atomic mass is 10.0. The Morgan fingerprint density at radius 3 is 2.47 bits per heavy atom. The van der Waals surface area contributed by atoms with E-state index in [9.17, 15) is 0 Å². The van der Waals surface area contributed by atoms with E-state index >= 15 is 0 Å². The molecule has 2 rings (SSSR count). The van der Waals surface area contributed by atoms with Crippen LogP contribution in [0, 0.1) is 12.3 Å². The molecule has 2 N–H and O–H groups in total. The molecule has 1 heterocycles. The molecule has 1 aliphatic rings. The highest BCUT2D eigenvalue weighted by Crippen LogP contribution is 2.57. The molecule has 15 heavy (non-hydrogen) atoms. The van der Waals surface area contributed by atoms with Crippen LogP contribution in [-0.4, -0.2) is 18.1 Å². The quantitative estimate of drug-likeness (QED) is 0.803. The number of methoxy groups -OCH3 is 1. The number of pyridine rings is 1. The average molecular weight is 206 g/mol. The number of aryl methyl sites for hydroxylation is 1. The molecule has 1 aliphatic carbocycles. The Balaban J connectivity index is 2.34. The zero-order valence-corrected chi connectivity index (χ0v) is 9.74. The third-order valence-electron chi connectivity index (χ3n) is 3.43. The van der Waals surface area contributed by atoms with E-state index in [-0.39, 0.29) is 11.5 Å². The second-order valence-corrected chi connectivity index (χ2v) is 4.91. The van der Waals surface area contributed by atoms with E-state index < -0.39 is 0 Å². The van der Waals surface area contributed by atoms with Gasteiger partial charge in [-0.1, -0.05) is 13.8 Å². The highest BCUT2D eigenvalue weighted by molar-refractivity contribution is 5.37. The Bertz CT molecular complexity index is 387. The molecule has 82 valence electrons. The molecule has 1 saturated carbocycles. The molecule has 1 fully saturated rings. The molecular formula is C12H18N2O. The summed E-state index contributed by atoms with van der Waals surface area (Å²) in [6, 6.07) is 4.35. The van der Waals surface area contributed by atoms with Crippen molar-refractivity contribution < 1.29 is 4.74 Å². The lowest BCUT2D eigenvalue weighted by Crippen LogP contribution is -2.06. The normalized spacial score (nSPS) is 27.5. The number of rotatable bonds is 2. The van der Waals surface area contributed by atoms with Gasteiger partial charge in [-0.15, -0.1) is 0 Å². The Morgan fingerprint density at radius 1 is 1.40 bits per heavy atom. The van der Waals surface area contributed by atoms with Crippen molar-refractivity contribution in [2.45, 2.75) is 32.7 Å². The lowest BCUT2D eigenvalue weighted by Gasteiger charge is -2.06. The van der Waals surface area contributed by atoms with Gasteiger partial charge in [-0.2, -0.15) is 0 Å². The molecule has 3 heteroatoms. The molecule has 0 bridgehead atoms. The van der Waals surface area contributed by atoms with Gasteiger partial charge in [0.25, 0.3) is 0 Å². The fourth-order valence-electron chi connectivity index (χ4n) is 2.26. The van der Waals surface area contributed by atoms with Gasteiger partial charge in [0.05, 0.1) is 7.11 Å². The zero-order valence-electron chi connectivity index (χ0n) is 9.74. The van der Waals surface area contributed by atoms with E-state index in [1.807, 2.05) is 13.0 Å². The van der Waals surface area contributed by atoms with Crippen LogP contribution in [0.25, 0.3) is 0 Å². The number of hydrogen-bond donors (Lipinski definition) is 1. The van der Waals surface area contributed by atoms with Crippen LogP contribution in [0.3, 0.4) is 0 Å². The van der Waals surface area contributed by atoms with Crippen molar-refractivity contribution in [3.8, 4) is 5.88 Å². The largest absolute Gasteiger partial charge is 0.481 e. The first-order valence-electron chi connectivity index (χ1n) is 5.25. The standard InChI is InChI=1S/C12H18N2O/c1-7-5-8(6-9(14-7)15-4)10-11(13)12(10,2)3/h5-6,10-11H,13H2,1-4H3/t10-,11-/m1/s1. The van der Waals surface area contributed by atoms with Gasteiger partial charge in [-0.05, 0) is 24.0 Å². The summed E-state index contributed by atoms with van der Waals surface area (Å²) in [7, 11) is 1.64. The van der Waals surface area contributed by atoms with Gasteiger partial charge < -0.3 is 10.5 Å². The third kappa shape index (κ3) is 1.61. The number of hydrogen-bond acceptors (Lipinski definition) is 3. The van der Waals surface area contributed by atoms with Gasteiger partial charge in [0.1, 0.15) is 0 Å². The third-order valence-corrected chi connectivity index (χ3v) is 3.43. The number of nitrogens with zero attached hydrogens (tertiary/aromatic N) is 1. The Hall–Kier alpha value is -1.09. The van der Waals surface area contributed by atoms with Gasteiger partial charge in [0.15, 0.2) is 0 Å². The van der Waals surface area contributed by atoms with Crippen LogP contribution in [0.5, 0.6) is 5.88 Å². The predicted molar refractivity (Wildman–Crippen MR) is 60.0 cm³/mol. The summed E-state index contributed by atoms with van der Waals surface area (Å²) in [5.41, 5.74) is 8.50. The molecule has 0 amide bonds. The van der Waals surface area contributed by atoms with E-state index in [0.717, 1.165) is 5.69 Å². The lowest BCUT2D eigenvalue weighted by molar-refractivity contribution is 0.396. The first-order valence-corrected chi connectivity index (χ1v) is 5.25. The summed E-state index contributed by atoms with van der Waals surface area (Å²) in [4.78, 5) is 4.27. The summed E-state index contributed by atoms with van der Waals surface area (Å²) >= 11 is 0. The first kappa shape index (κ1) is 10.4. The minimum atomic E-state index is 0.207. The predicted octanol–water partition coefficient (Wildman–Crippen LogP) is 1.85. The van der Waals surface area contributed by atoms with Crippen LogP contribution in [0.1, 0.15) is 31.0 Å². The highest BCUT2D eigenvalue weighted by atomic mass is 16.5. The molecule has 0 saturated heterocycles. The second-order valence-electron chi connectivity index (χ2n) is 4.91. The first-order chi connectivity index (χ1) is 6.96. The molecule has 0 unspecified atom stereocenters. The van der Waals surface area contributed by atoms with Gasteiger partial charge >= 0.3 is 0 Å². The second kappa shape index (κ2) is 3.20. The van der Waals surface area contributed by atoms with Crippen molar-refractivity contribution in [1.29, 1.82) is 0 Å². The molecule has 0 spiro atoms. The molecule has 1 aromatic heterocycles. The summed E-state index contributed by atoms with van der Waals surface area (Å²) in [6.45, 7) is 6.38. The van der Waals surface area contributed by atoms with Crippen LogP contribution < -0.4 is 10.5 Å². The summed E-state index contributed by atoms with van der Waals surface area (Å²) in [5.74, 6) is 1.12. The maximum atomic E-state index is 6.06. The molecule has 0 radical (unpaired) electrons. The van der Waals surface area contributed by atoms with Crippen LogP contribution >= 0.6 is 0 Å².